The van der Waals surface area contributed by atoms with E-state index in [9.17, 15) is 5.11 Å². The molecule has 2 N–H and O–H groups in total. The van der Waals surface area contributed by atoms with Crippen molar-refractivity contribution < 1.29 is 9.84 Å². The van der Waals surface area contributed by atoms with Crippen molar-refractivity contribution in [1.82, 2.24) is 0 Å². The van der Waals surface area contributed by atoms with E-state index < -0.39 is 0 Å². The highest BCUT2D eigenvalue weighted by Crippen LogP contribution is 2.17. The van der Waals surface area contributed by atoms with Gasteiger partial charge in [-0.2, -0.15) is 0 Å². The first-order chi connectivity index (χ1) is 7.67. The molecule has 16 heavy (non-hydrogen) atoms. The number of nitrogens with one attached hydrogen (secondary N) is 1. The van der Waals surface area contributed by atoms with Gasteiger partial charge in [0.1, 0.15) is 5.75 Å². The van der Waals surface area contributed by atoms with E-state index in [4.69, 9.17) is 4.74 Å². The Morgan fingerprint density at radius 3 is 2.31 bits per heavy atom. The predicted molar refractivity (Wildman–Crippen MR) is 66.9 cm³/mol. The summed E-state index contributed by atoms with van der Waals surface area (Å²) in [7, 11) is 0. The molecule has 0 spiro atoms. The molecule has 3 heteroatoms. The lowest BCUT2D eigenvalue weighted by Gasteiger charge is -2.21. The van der Waals surface area contributed by atoms with Crippen LogP contribution in [0.25, 0.3) is 0 Å². The third-order valence-corrected chi connectivity index (χ3v) is 2.52. The van der Waals surface area contributed by atoms with Crippen molar-refractivity contribution in [3.05, 3.63) is 24.3 Å². The molecule has 0 radical (unpaired) electrons. The van der Waals surface area contributed by atoms with Gasteiger partial charge >= 0.3 is 0 Å². The number of aliphatic hydroxyl groups is 1. The van der Waals surface area contributed by atoms with Gasteiger partial charge in [0, 0.05) is 5.69 Å². The van der Waals surface area contributed by atoms with E-state index in [1.165, 1.54) is 0 Å². The van der Waals surface area contributed by atoms with E-state index in [-0.39, 0.29) is 12.6 Å². The van der Waals surface area contributed by atoms with Crippen molar-refractivity contribution in [2.75, 3.05) is 18.5 Å². The van der Waals surface area contributed by atoms with Crippen LogP contribution in [-0.2, 0) is 0 Å². The van der Waals surface area contributed by atoms with Crippen molar-refractivity contribution in [2.24, 2.45) is 5.92 Å². The molecule has 1 aromatic carbocycles. The van der Waals surface area contributed by atoms with Gasteiger partial charge in [-0.3, -0.25) is 0 Å². The molecule has 1 aromatic rings. The van der Waals surface area contributed by atoms with Gasteiger partial charge in [0.05, 0.1) is 19.3 Å². The summed E-state index contributed by atoms with van der Waals surface area (Å²) in [5.41, 5.74) is 1.01. The van der Waals surface area contributed by atoms with Gasteiger partial charge in [0.2, 0.25) is 0 Å². The summed E-state index contributed by atoms with van der Waals surface area (Å²) in [6.45, 7) is 6.96. The molecule has 3 nitrogen and oxygen atoms in total. The Balaban J connectivity index is 2.60. The highest BCUT2D eigenvalue weighted by atomic mass is 16.5. The van der Waals surface area contributed by atoms with Crippen LogP contribution in [0, 0.1) is 5.92 Å². The number of benzene rings is 1. The maximum Gasteiger partial charge on any atom is 0.119 e. The van der Waals surface area contributed by atoms with E-state index in [1.807, 2.05) is 31.2 Å². The van der Waals surface area contributed by atoms with Gasteiger partial charge in [0.25, 0.3) is 0 Å². The van der Waals surface area contributed by atoms with Gasteiger partial charge in [0.15, 0.2) is 0 Å². The SMILES string of the molecule is CCOc1ccc(NC(CO)C(C)C)cc1. The van der Waals surface area contributed by atoms with Gasteiger partial charge in [-0.1, -0.05) is 13.8 Å². The Kier molecular flexibility index (Phi) is 5.12. The molecule has 1 rings (SSSR count). The summed E-state index contributed by atoms with van der Waals surface area (Å²) in [5.74, 6) is 1.27. The van der Waals surface area contributed by atoms with Gasteiger partial charge in [-0.15, -0.1) is 0 Å². The first-order valence-electron chi connectivity index (χ1n) is 5.77. The average molecular weight is 223 g/mol. The number of ether oxygens (including phenoxy) is 1. The zero-order chi connectivity index (χ0) is 12.0. The van der Waals surface area contributed by atoms with E-state index >= 15 is 0 Å². The molecule has 0 bridgehead atoms. The van der Waals surface area contributed by atoms with E-state index in [0.717, 1.165) is 11.4 Å². The van der Waals surface area contributed by atoms with Crippen LogP contribution < -0.4 is 10.1 Å². The first-order valence-corrected chi connectivity index (χ1v) is 5.77. The van der Waals surface area contributed by atoms with Crippen LogP contribution in [-0.4, -0.2) is 24.4 Å². The van der Waals surface area contributed by atoms with E-state index in [1.54, 1.807) is 0 Å². The van der Waals surface area contributed by atoms with Crippen LogP contribution in [0.15, 0.2) is 24.3 Å². The zero-order valence-electron chi connectivity index (χ0n) is 10.2. The molecular weight excluding hydrogens is 202 g/mol. The van der Waals surface area contributed by atoms with Crippen molar-refractivity contribution in [3.63, 3.8) is 0 Å². The number of anilines is 1. The van der Waals surface area contributed by atoms with E-state index in [2.05, 4.69) is 19.2 Å². The smallest absolute Gasteiger partial charge is 0.119 e. The summed E-state index contributed by atoms with van der Waals surface area (Å²) in [4.78, 5) is 0. The summed E-state index contributed by atoms with van der Waals surface area (Å²) in [5, 5.41) is 12.5. The Hall–Kier alpha value is -1.22. The minimum absolute atomic E-state index is 0.0953. The van der Waals surface area contributed by atoms with Crippen LogP contribution >= 0.6 is 0 Å². The number of hydrogen-bond donors (Lipinski definition) is 2. The molecule has 0 aliphatic rings. The second kappa shape index (κ2) is 6.38. The average Bonchev–Trinajstić information content (AvgIpc) is 2.28. The van der Waals surface area contributed by atoms with E-state index in [0.29, 0.717) is 12.5 Å². The lowest BCUT2D eigenvalue weighted by molar-refractivity contribution is 0.249. The first kappa shape index (κ1) is 12.8. The Bertz CT molecular complexity index is 295. The number of aliphatic hydroxyl groups excluding tert-OH is 1. The quantitative estimate of drug-likeness (QED) is 0.778. The fourth-order valence-corrected chi connectivity index (χ4v) is 1.45. The van der Waals surface area contributed by atoms with Crippen LogP contribution in [0.2, 0.25) is 0 Å². The van der Waals surface area contributed by atoms with Crippen molar-refractivity contribution in [1.29, 1.82) is 0 Å². The Labute approximate surface area is 97.4 Å². The summed E-state index contributed by atoms with van der Waals surface area (Å²) in [6.07, 6.45) is 0. The zero-order valence-corrected chi connectivity index (χ0v) is 10.2. The molecule has 0 saturated heterocycles. The Morgan fingerprint density at radius 2 is 1.88 bits per heavy atom. The normalized spacial score (nSPS) is 12.6. The molecular formula is C13H21NO2. The van der Waals surface area contributed by atoms with Crippen molar-refractivity contribution in [2.45, 2.75) is 26.8 Å². The lowest BCUT2D eigenvalue weighted by atomic mass is 10.1. The minimum atomic E-state index is 0.0953. The van der Waals surface area contributed by atoms with Gasteiger partial charge < -0.3 is 15.2 Å². The molecule has 0 aromatic heterocycles. The fourth-order valence-electron chi connectivity index (χ4n) is 1.45. The van der Waals surface area contributed by atoms with Crippen LogP contribution in [0.5, 0.6) is 5.75 Å². The van der Waals surface area contributed by atoms with Crippen molar-refractivity contribution >= 4 is 5.69 Å². The number of rotatable bonds is 6. The molecule has 0 saturated carbocycles. The standard InChI is InChI=1S/C13H21NO2/c1-4-16-12-7-5-11(6-8-12)14-13(9-15)10(2)3/h5-8,10,13-15H,4,9H2,1-3H3. The van der Waals surface area contributed by atoms with Crippen molar-refractivity contribution in [3.8, 4) is 5.75 Å². The van der Waals surface area contributed by atoms with Crippen LogP contribution in [0.3, 0.4) is 0 Å². The molecule has 0 fully saturated rings. The highest BCUT2D eigenvalue weighted by Gasteiger charge is 2.11. The Morgan fingerprint density at radius 1 is 1.25 bits per heavy atom. The molecule has 0 amide bonds. The van der Waals surface area contributed by atoms with Crippen LogP contribution in [0.4, 0.5) is 5.69 Å². The van der Waals surface area contributed by atoms with Crippen LogP contribution in [0.1, 0.15) is 20.8 Å². The maximum absolute atomic E-state index is 9.21. The minimum Gasteiger partial charge on any atom is -0.494 e. The molecule has 0 heterocycles. The highest BCUT2D eigenvalue weighted by molar-refractivity contribution is 5.47. The largest absolute Gasteiger partial charge is 0.494 e. The second-order valence-electron chi connectivity index (χ2n) is 4.13. The predicted octanol–water partition coefficient (Wildman–Crippen LogP) is 2.51. The monoisotopic (exact) mass is 223 g/mol. The van der Waals surface area contributed by atoms with Gasteiger partial charge in [-0.25, -0.2) is 0 Å². The fraction of sp³-hybridized carbons (Fsp3) is 0.538. The third-order valence-electron chi connectivity index (χ3n) is 2.52. The molecule has 0 aliphatic heterocycles. The summed E-state index contributed by atoms with van der Waals surface area (Å²) >= 11 is 0. The number of hydrogen-bond acceptors (Lipinski definition) is 3. The third kappa shape index (κ3) is 3.74. The topological polar surface area (TPSA) is 41.5 Å². The lowest BCUT2D eigenvalue weighted by Crippen LogP contribution is -2.29. The second-order valence-corrected chi connectivity index (χ2v) is 4.13. The summed E-state index contributed by atoms with van der Waals surface area (Å²) in [6, 6.07) is 7.89. The molecule has 90 valence electrons. The maximum atomic E-state index is 9.21. The summed E-state index contributed by atoms with van der Waals surface area (Å²) < 4.78 is 5.36. The molecule has 0 aliphatic carbocycles. The molecule has 1 unspecified atom stereocenters. The van der Waals surface area contributed by atoms with Gasteiger partial charge in [-0.05, 0) is 37.1 Å². The molecule has 1 atom stereocenters.